The van der Waals surface area contributed by atoms with E-state index in [1.807, 2.05) is 31.2 Å². The van der Waals surface area contributed by atoms with E-state index in [0.717, 1.165) is 16.3 Å². The van der Waals surface area contributed by atoms with Gasteiger partial charge in [-0.2, -0.15) is 0 Å². The van der Waals surface area contributed by atoms with Crippen molar-refractivity contribution in [1.29, 1.82) is 0 Å². The molecular weight excluding hydrogens is 336 g/mol. The largest absolute Gasteiger partial charge is 0.346 e. The molecule has 25 heavy (non-hydrogen) atoms. The van der Waals surface area contributed by atoms with E-state index < -0.39 is 10.0 Å². The molecule has 0 bridgehead atoms. The SMILES string of the molecule is CCc1ccc([C@@H](C)NC(=O)c2cccc(S(=O)(=O)N(C)C)c2)cc1. The minimum absolute atomic E-state index is 0.102. The number of sulfonamides is 1. The Hall–Kier alpha value is -2.18. The third-order valence-corrected chi connectivity index (χ3v) is 5.92. The lowest BCUT2D eigenvalue weighted by Crippen LogP contribution is -2.27. The van der Waals surface area contributed by atoms with E-state index in [0.29, 0.717) is 5.56 Å². The van der Waals surface area contributed by atoms with E-state index in [-0.39, 0.29) is 16.8 Å². The molecule has 0 saturated carbocycles. The quantitative estimate of drug-likeness (QED) is 0.861. The molecule has 0 fully saturated rings. The molecule has 0 aliphatic heterocycles. The molecule has 1 N–H and O–H groups in total. The van der Waals surface area contributed by atoms with Gasteiger partial charge in [0, 0.05) is 19.7 Å². The predicted octanol–water partition coefficient (Wildman–Crippen LogP) is 2.99. The van der Waals surface area contributed by atoms with Gasteiger partial charge in [-0.25, -0.2) is 12.7 Å². The van der Waals surface area contributed by atoms with E-state index in [2.05, 4.69) is 12.2 Å². The summed E-state index contributed by atoms with van der Waals surface area (Å²) in [5.41, 5.74) is 2.56. The molecular formula is C19H24N2O3S. The average molecular weight is 360 g/mol. The van der Waals surface area contributed by atoms with Gasteiger partial charge in [0.15, 0.2) is 0 Å². The zero-order valence-electron chi connectivity index (χ0n) is 15.0. The zero-order valence-corrected chi connectivity index (χ0v) is 15.8. The van der Waals surface area contributed by atoms with Gasteiger partial charge in [-0.05, 0) is 42.7 Å². The Morgan fingerprint density at radius 3 is 2.32 bits per heavy atom. The molecule has 1 amide bonds. The molecule has 0 aromatic heterocycles. The van der Waals surface area contributed by atoms with Gasteiger partial charge in [0.25, 0.3) is 5.91 Å². The number of rotatable bonds is 6. The highest BCUT2D eigenvalue weighted by atomic mass is 32.2. The normalized spacial score (nSPS) is 12.8. The summed E-state index contributed by atoms with van der Waals surface area (Å²) in [4.78, 5) is 12.6. The van der Waals surface area contributed by atoms with Crippen LogP contribution in [0.2, 0.25) is 0 Å². The van der Waals surface area contributed by atoms with Crippen LogP contribution in [0.25, 0.3) is 0 Å². The van der Waals surface area contributed by atoms with E-state index in [1.54, 1.807) is 12.1 Å². The summed E-state index contributed by atoms with van der Waals surface area (Å²) in [5, 5.41) is 2.91. The van der Waals surface area contributed by atoms with Crippen LogP contribution in [0.4, 0.5) is 0 Å². The number of nitrogens with one attached hydrogen (secondary N) is 1. The van der Waals surface area contributed by atoms with Crippen LogP contribution in [0.3, 0.4) is 0 Å². The van der Waals surface area contributed by atoms with Crippen molar-refractivity contribution in [1.82, 2.24) is 9.62 Å². The van der Waals surface area contributed by atoms with Crippen LogP contribution >= 0.6 is 0 Å². The van der Waals surface area contributed by atoms with Gasteiger partial charge in [-0.3, -0.25) is 4.79 Å². The standard InChI is InChI=1S/C19H24N2O3S/c1-5-15-9-11-16(12-10-15)14(2)20-19(22)17-7-6-8-18(13-17)25(23,24)21(3)4/h6-14H,5H2,1-4H3,(H,20,22)/t14-/m1/s1. The van der Waals surface area contributed by atoms with Crippen molar-refractivity contribution in [2.45, 2.75) is 31.2 Å². The van der Waals surface area contributed by atoms with Gasteiger partial charge >= 0.3 is 0 Å². The van der Waals surface area contributed by atoms with Crippen molar-refractivity contribution in [3.05, 3.63) is 65.2 Å². The Morgan fingerprint density at radius 2 is 1.76 bits per heavy atom. The number of carbonyl (C=O) groups is 1. The first-order chi connectivity index (χ1) is 11.8. The number of carbonyl (C=O) groups excluding carboxylic acids is 1. The van der Waals surface area contributed by atoms with Gasteiger partial charge in [0.05, 0.1) is 10.9 Å². The molecule has 2 aromatic rings. The minimum Gasteiger partial charge on any atom is -0.346 e. The molecule has 0 heterocycles. The van der Waals surface area contributed by atoms with Crippen LogP contribution in [-0.4, -0.2) is 32.7 Å². The average Bonchev–Trinajstić information content (AvgIpc) is 2.61. The molecule has 0 saturated heterocycles. The molecule has 2 rings (SSSR count). The van der Waals surface area contributed by atoms with Crippen LogP contribution in [0.5, 0.6) is 0 Å². The van der Waals surface area contributed by atoms with Crippen LogP contribution < -0.4 is 5.32 Å². The fourth-order valence-electron chi connectivity index (χ4n) is 2.41. The minimum atomic E-state index is -3.57. The molecule has 0 aliphatic carbocycles. The first kappa shape index (κ1) is 19.1. The van der Waals surface area contributed by atoms with E-state index >= 15 is 0 Å². The van der Waals surface area contributed by atoms with Crippen LogP contribution in [0.1, 0.15) is 41.4 Å². The van der Waals surface area contributed by atoms with Gasteiger partial charge in [-0.1, -0.05) is 37.3 Å². The monoisotopic (exact) mass is 360 g/mol. The van der Waals surface area contributed by atoms with Gasteiger partial charge in [0.2, 0.25) is 10.0 Å². The molecule has 0 radical (unpaired) electrons. The Kier molecular flexibility index (Phi) is 5.98. The summed E-state index contributed by atoms with van der Waals surface area (Å²) < 4.78 is 25.5. The van der Waals surface area contributed by atoms with Crippen molar-refractivity contribution < 1.29 is 13.2 Å². The van der Waals surface area contributed by atoms with Gasteiger partial charge < -0.3 is 5.32 Å². The van der Waals surface area contributed by atoms with Crippen molar-refractivity contribution in [2.75, 3.05) is 14.1 Å². The zero-order chi connectivity index (χ0) is 18.6. The third kappa shape index (κ3) is 4.46. The Morgan fingerprint density at radius 1 is 1.12 bits per heavy atom. The number of nitrogens with zero attached hydrogens (tertiary/aromatic N) is 1. The lowest BCUT2D eigenvalue weighted by atomic mass is 10.0. The summed E-state index contributed by atoms with van der Waals surface area (Å²) >= 11 is 0. The maximum absolute atomic E-state index is 12.5. The first-order valence-corrected chi connectivity index (χ1v) is 9.62. The summed E-state index contributed by atoms with van der Waals surface area (Å²) in [7, 11) is -0.643. The van der Waals surface area contributed by atoms with Crippen LogP contribution in [-0.2, 0) is 16.4 Å². The molecule has 6 heteroatoms. The molecule has 0 unspecified atom stereocenters. The highest BCUT2D eigenvalue weighted by Crippen LogP contribution is 2.17. The van der Waals surface area contributed by atoms with E-state index in [4.69, 9.17) is 0 Å². The summed E-state index contributed by atoms with van der Waals surface area (Å²) in [6, 6.07) is 14.0. The number of amides is 1. The van der Waals surface area contributed by atoms with E-state index in [9.17, 15) is 13.2 Å². The first-order valence-electron chi connectivity index (χ1n) is 8.18. The second-order valence-corrected chi connectivity index (χ2v) is 8.26. The fourth-order valence-corrected chi connectivity index (χ4v) is 3.36. The number of hydrogen-bond donors (Lipinski definition) is 1. The highest BCUT2D eigenvalue weighted by molar-refractivity contribution is 7.89. The topological polar surface area (TPSA) is 66.5 Å². The Labute approximate surface area is 149 Å². The highest BCUT2D eigenvalue weighted by Gasteiger charge is 2.19. The van der Waals surface area contributed by atoms with Crippen LogP contribution in [0, 0.1) is 0 Å². The summed E-state index contributed by atoms with van der Waals surface area (Å²) in [6.45, 7) is 3.99. The van der Waals surface area contributed by atoms with Gasteiger partial charge in [-0.15, -0.1) is 0 Å². The maximum atomic E-state index is 12.5. The fraction of sp³-hybridized carbons (Fsp3) is 0.316. The third-order valence-electron chi connectivity index (χ3n) is 4.11. The van der Waals surface area contributed by atoms with Gasteiger partial charge in [0.1, 0.15) is 0 Å². The number of hydrogen-bond acceptors (Lipinski definition) is 3. The molecule has 2 aromatic carbocycles. The van der Waals surface area contributed by atoms with E-state index in [1.165, 1.54) is 31.8 Å². The predicted molar refractivity (Wildman–Crippen MR) is 99.0 cm³/mol. The second-order valence-electron chi connectivity index (χ2n) is 6.11. The molecule has 5 nitrogen and oxygen atoms in total. The number of benzene rings is 2. The van der Waals surface area contributed by atoms with Crippen molar-refractivity contribution >= 4 is 15.9 Å². The molecule has 1 atom stereocenters. The maximum Gasteiger partial charge on any atom is 0.251 e. The Bertz CT molecular complexity index is 843. The number of aryl methyl sites for hydroxylation is 1. The van der Waals surface area contributed by atoms with Crippen molar-refractivity contribution in [3.8, 4) is 0 Å². The smallest absolute Gasteiger partial charge is 0.251 e. The summed E-state index contributed by atoms with van der Waals surface area (Å²) in [6.07, 6.45) is 0.966. The molecule has 134 valence electrons. The lowest BCUT2D eigenvalue weighted by Gasteiger charge is -2.16. The molecule has 0 spiro atoms. The van der Waals surface area contributed by atoms with Crippen molar-refractivity contribution in [3.63, 3.8) is 0 Å². The summed E-state index contributed by atoms with van der Waals surface area (Å²) in [5.74, 6) is -0.303. The lowest BCUT2D eigenvalue weighted by molar-refractivity contribution is 0.0939. The Balaban J connectivity index is 2.17. The second kappa shape index (κ2) is 7.80. The molecule has 0 aliphatic rings. The van der Waals surface area contributed by atoms with Crippen molar-refractivity contribution in [2.24, 2.45) is 0 Å². The van der Waals surface area contributed by atoms with Crippen LogP contribution in [0.15, 0.2) is 53.4 Å².